The summed E-state index contributed by atoms with van der Waals surface area (Å²) >= 11 is 3.71. The Labute approximate surface area is 162 Å². The smallest absolute Gasteiger partial charge is 0.263 e. The summed E-state index contributed by atoms with van der Waals surface area (Å²) in [7, 11) is -1.43. The Morgan fingerprint density at radius 2 is 1.96 bits per heavy atom. The van der Waals surface area contributed by atoms with Gasteiger partial charge in [0.25, 0.3) is 5.01 Å². The number of aryl methyl sites for hydroxylation is 1. The fourth-order valence-corrected chi connectivity index (χ4v) is 4.25. The van der Waals surface area contributed by atoms with Crippen molar-refractivity contribution in [3.8, 4) is 0 Å². The Balaban J connectivity index is 0.000000352. The minimum absolute atomic E-state index is 0.808. The van der Waals surface area contributed by atoms with E-state index in [1.165, 1.54) is 30.9 Å². The Morgan fingerprint density at radius 1 is 1.31 bits per heavy atom. The quantitative estimate of drug-likeness (QED) is 0.367. The zero-order valence-electron chi connectivity index (χ0n) is 15.1. The molecule has 2 aromatic carbocycles. The SMILES string of the molecule is CC/C(=C/c1sc2ccc3ccccc3c2[n+]1C)SC.COS(=O)(=O)[O-]. The summed E-state index contributed by atoms with van der Waals surface area (Å²) in [5.41, 5.74) is 1.34. The maximum absolute atomic E-state index is 9.22. The van der Waals surface area contributed by atoms with Gasteiger partial charge in [-0.15, -0.1) is 11.8 Å². The van der Waals surface area contributed by atoms with Gasteiger partial charge in [-0.2, -0.15) is 4.57 Å². The van der Waals surface area contributed by atoms with Crippen LogP contribution in [0.1, 0.15) is 18.4 Å². The lowest BCUT2D eigenvalue weighted by atomic mass is 10.1. The number of fused-ring (bicyclic) bond motifs is 3. The lowest BCUT2D eigenvalue weighted by molar-refractivity contribution is -0.641. The van der Waals surface area contributed by atoms with Gasteiger partial charge in [0, 0.05) is 6.08 Å². The summed E-state index contributed by atoms with van der Waals surface area (Å²) in [6, 6.07) is 13.1. The van der Waals surface area contributed by atoms with Crippen LogP contribution in [-0.2, 0) is 21.6 Å². The van der Waals surface area contributed by atoms with Gasteiger partial charge in [-0.05, 0) is 35.1 Å². The van der Waals surface area contributed by atoms with Gasteiger partial charge in [-0.1, -0.05) is 42.5 Å². The maximum atomic E-state index is 9.22. The van der Waals surface area contributed by atoms with Crippen LogP contribution < -0.4 is 4.57 Å². The highest BCUT2D eigenvalue weighted by molar-refractivity contribution is 8.02. The monoisotopic (exact) mass is 411 g/mol. The Bertz CT molecular complexity index is 1030. The summed E-state index contributed by atoms with van der Waals surface area (Å²) in [4.78, 5) is 1.43. The van der Waals surface area contributed by atoms with Crippen molar-refractivity contribution in [2.45, 2.75) is 13.3 Å². The largest absolute Gasteiger partial charge is 0.726 e. The zero-order valence-corrected chi connectivity index (χ0v) is 17.5. The number of thioether (sulfide) groups is 1. The van der Waals surface area contributed by atoms with E-state index in [4.69, 9.17) is 0 Å². The topological polar surface area (TPSA) is 70.3 Å². The molecule has 0 amide bonds. The molecule has 0 saturated heterocycles. The van der Waals surface area contributed by atoms with Crippen molar-refractivity contribution < 1.29 is 21.7 Å². The lowest BCUT2D eigenvalue weighted by Crippen LogP contribution is -2.29. The molecule has 5 nitrogen and oxygen atoms in total. The molecule has 0 saturated carbocycles. The van der Waals surface area contributed by atoms with E-state index in [-0.39, 0.29) is 0 Å². The van der Waals surface area contributed by atoms with Crippen molar-refractivity contribution in [1.29, 1.82) is 0 Å². The van der Waals surface area contributed by atoms with E-state index in [1.807, 2.05) is 23.1 Å². The second-order valence-electron chi connectivity index (χ2n) is 5.38. The van der Waals surface area contributed by atoms with Crippen molar-refractivity contribution in [3.63, 3.8) is 0 Å². The third-order valence-electron chi connectivity index (χ3n) is 3.84. The molecule has 0 aliphatic heterocycles. The number of hydrogen-bond acceptors (Lipinski definition) is 6. The summed E-state index contributed by atoms with van der Waals surface area (Å²) in [5, 5.41) is 3.97. The highest BCUT2D eigenvalue weighted by Gasteiger charge is 2.18. The lowest BCUT2D eigenvalue weighted by Gasteiger charge is -1.98. The predicted octanol–water partition coefficient (Wildman–Crippen LogP) is 4.09. The fourth-order valence-electron chi connectivity index (χ4n) is 2.52. The molecule has 0 spiro atoms. The maximum Gasteiger partial charge on any atom is 0.263 e. The molecule has 0 bridgehead atoms. The minimum atomic E-state index is -4.41. The second-order valence-corrected chi connectivity index (χ2v) is 8.52. The van der Waals surface area contributed by atoms with Gasteiger partial charge >= 0.3 is 0 Å². The van der Waals surface area contributed by atoms with Crippen LogP contribution in [0.3, 0.4) is 0 Å². The summed E-state index contributed by atoms with van der Waals surface area (Å²) in [6.07, 6.45) is 5.57. The van der Waals surface area contributed by atoms with E-state index in [1.54, 1.807) is 0 Å². The van der Waals surface area contributed by atoms with Gasteiger partial charge in [0.05, 0.1) is 12.5 Å². The van der Waals surface area contributed by atoms with Crippen LogP contribution in [0.2, 0.25) is 0 Å². The van der Waals surface area contributed by atoms with Crippen molar-refractivity contribution in [1.82, 2.24) is 0 Å². The average molecular weight is 412 g/mol. The van der Waals surface area contributed by atoms with E-state index in [0.717, 1.165) is 13.5 Å². The van der Waals surface area contributed by atoms with Gasteiger partial charge in [-0.25, -0.2) is 8.42 Å². The first kappa shape index (κ1) is 20.9. The van der Waals surface area contributed by atoms with Crippen LogP contribution in [0.15, 0.2) is 41.3 Å². The number of hydrogen-bond donors (Lipinski definition) is 0. The molecule has 0 fully saturated rings. The second kappa shape index (κ2) is 8.96. The van der Waals surface area contributed by atoms with Gasteiger partial charge < -0.3 is 4.55 Å². The molecule has 140 valence electrons. The van der Waals surface area contributed by atoms with Crippen LogP contribution >= 0.6 is 23.1 Å². The summed E-state index contributed by atoms with van der Waals surface area (Å²) in [6.45, 7) is 2.21. The molecule has 0 aliphatic rings. The third kappa shape index (κ3) is 5.05. The Kier molecular flexibility index (Phi) is 7.19. The Hall–Kier alpha value is -1.45. The molecule has 0 unspecified atom stereocenters. The molecule has 3 rings (SSSR count). The van der Waals surface area contributed by atoms with Crippen molar-refractivity contribution >= 4 is 60.6 Å². The molecule has 0 radical (unpaired) electrons. The molecule has 0 aliphatic carbocycles. The molecule has 1 heterocycles. The normalized spacial score (nSPS) is 12.3. The summed E-state index contributed by atoms with van der Waals surface area (Å²) < 4.78 is 34.7. The van der Waals surface area contributed by atoms with Gasteiger partial charge in [0.2, 0.25) is 15.9 Å². The van der Waals surface area contributed by atoms with E-state index < -0.39 is 10.4 Å². The highest BCUT2D eigenvalue weighted by Crippen LogP contribution is 2.29. The number of thiazole rings is 1. The molecule has 8 heteroatoms. The van der Waals surface area contributed by atoms with E-state index in [2.05, 4.69) is 71.5 Å². The first-order chi connectivity index (χ1) is 12.3. The molecule has 1 aromatic heterocycles. The molecule has 0 N–H and O–H groups in total. The fraction of sp³-hybridized carbons (Fsp3) is 0.278. The number of allylic oxidation sites excluding steroid dienone is 1. The third-order valence-corrected chi connectivity index (χ3v) is 6.33. The first-order valence-electron chi connectivity index (χ1n) is 7.87. The number of aromatic nitrogens is 1. The van der Waals surface area contributed by atoms with Crippen molar-refractivity contribution in [3.05, 3.63) is 46.3 Å². The van der Waals surface area contributed by atoms with Gasteiger partial charge in [-0.3, -0.25) is 4.18 Å². The Morgan fingerprint density at radius 3 is 2.54 bits per heavy atom. The van der Waals surface area contributed by atoms with E-state index in [9.17, 15) is 13.0 Å². The first-order valence-corrected chi connectivity index (χ1v) is 11.2. The number of benzene rings is 2. The average Bonchev–Trinajstić information content (AvgIpc) is 2.95. The molecule has 26 heavy (non-hydrogen) atoms. The van der Waals surface area contributed by atoms with E-state index in [0.29, 0.717) is 0 Å². The number of nitrogens with zero attached hydrogens (tertiary/aromatic N) is 1. The molecular formula is C18H21NO4S3. The van der Waals surface area contributed by atoms with Crippen molar-refractivity contribution in [2.75, 3.05) is 13.4 Å². The van der Waals surface area contributed by atoms with Crippen LogP contribution in [0, 0.1) is 0 Å². The molecular weight excluding hydrogens is 390 g/mol. The molecule has 3 aromatic rings. The summed E-state index contributed by atoms with van der Waals surface area (Å²) in [5.74, 6) is 0. The number of rotatable bonds is 4. The van der Waals surface area contributed by atoms with Crippen LogP contribution in [0.5, 0.6) is 0 Å². The van der Waals surface area contributed by atoms with Crippen LogP contribution in [0.25, 0.3) is 27.1 Å². The predicted molar refractivity (Wildman–Crippen MR) is 109 cm³/mol. The molecule has 0 atom stereocenters. The highest BCUT2D eigenvalue weighted by atomic mass is 32.3. The van der Waals surface area contributed by atoms with Crippen LogP contribution in [-0.4, -0.2) is 26.3 Å². The van der Waals surface area contributed by atoms with Crippen molar-refractivity contribution in [2.24, 2.45) is 7.05 Å². The minimum Gasteiger partial charge on any atom is -0.726 e. The van der Waals surface area contributed by atoms with Gasteiger partial charge in [0.15, 0.2) is 0 Å². The van der Waals surface area contributed by atoms with E-state index >= 15 is 0 Å². The van der Waals surface area contributed by atoms with Gasteiger partial charge in [0.1, 0.15) is 11.7 Å². The zero-order chi connectivity index (χ0) is 19.3. The standard InChI is InChI=1S/C17H18NS2.CH4O4S/c1-4-13(19-3)11-16-18(2)17-14-8-6-5-7-12(14)9-10-15(17)20-16;1-5-6(2,3)4/h5-11H,4H2,1-3H3;1H3,(H,2,3,4)/q+1;/p-1/b13-11-;. The van der Waals surface area contributed by atoms with Crippen LogP contribution in [0.4, 0.5) is 0 Å².